The van der Waals surface area contributed by atoms with Gasteiger partial charge in [0.2, 0.25) is 21.8 Å². The van der Waals surface area contributed by atoms with Gasteiger partial charge in [-0.05, 0) is 25.0 Å². The van der Waals surface area contributed by atoms with Crippen molar-refractivity contribution < 1.29 is 26.8 Å². The Morgan fingerprint density at radius 1 is 1.00 bits per heavy atom. The van der Waals surface area contributed by atoms with Crippen molar-refractivity contribution in [1.82, 2.24) is 14.1 Å². The van der Waals surface area contributed by atoms with Crippen molar-refractivity contribution in [1.29, 1.82) is 0 Å². The minimum Gasteiger partial charge on any atom is -0.342 e. The van der Waals surface area contributed by atoms with Crippen LogP contribution in [-0.2, 0) is 19.6 Å². The van der Waals surface area contributed by atoms with Crippen LogP contribution in [0.2, 0.25) is 0 Å². The number of hydrogen-bond donors (Lipinski definition) is 0. The van der Waals surface area contributed by atoms with E-state index in [1.807, 2.05) is 0 Å². The average molecular weight is 427 g/mol. The first-order valence-electron chi connectivity index (χ1n) is 9.65. The maximum atomic E-state index is 13.6. The van der Waals surface area contributed by atoms with Crippen molar-refractivity contribution in [2.24, 2.45) is 11.3 Å². The van der Waals surface area contributed by atoms with E-state index in [-0.39, 0.29) is 37.4 Å². The molecule has 0 bridgehead atoms. The lowest BCUT2D eigenvalue weighted by Gasteiger charge is -2.32. The van der Waals surface area contributed by atoms with Gasteiger partial charge in [-0.2, -0.15) is 4.31 Å². The van der Waals surface area contributed by atoms with E-state index in [4.69, 9.17) is 0 Å². The maximum absolute atomic E-state index is 13.6. The first-order chi connectivity index (χ1) is 13.6. The summed E-state index contributed by atoms with van der Waals surface area (Å²) in [6.07, 6.45) is 1.79. The van der Waals surface area contributed by atoms with E-state index in [1.54, 1.807) is 9.80 Å². The molecule has 29 heavy (non-hydrogen) atoms. The zero-order valence-corrected chi connectivity index (χ0v) is 16.9. The summed E-state index contributed by atoms with van der Waals surface area (Å²) < 4.78 is 54.4. The van der Waals surface area contributed by atoms with Gasteiger partial charge in [0.15, 0.2) is 0 Å². The highest BCUT2D eigenvalue weighted by Crippen LogP contribution is 2.46. The van der Waals surface area contributed by atoms with Crippen molar-refractivity contribution in [2.75, 3.05) is 39.3 Å². The lowest BCUT2D eigenvalue weighted by molar-refractivity contribution is -0.141. The van der Waals surface area contributed by atoms with Crippen LogP contribution in [0.3, 0.4) is 0 Å². The van der Waals surface area contributed by atoms with Crippen molar-refractivity contribution >= 4 is 21.8 Å². The molecular formula is C19H23F2N3O4S. The van der Waals surface area contributed by atoms with E-state index in [9.17, 15) is 26.8 Å². The molecule has 3 aliphatic heterocycles. The molecule has 0 aromatic heterocycles. The third-order valence-corrected chi connectivity index (χ3v) is 8.11. The van der Waals surface area contributed by atoms with Crippen LogP contribution >= 0.6 is 0 Å². The van der Waals surface area contributed by atoms with Gasteiger partial charge in [0, 0.05) is 58.2 Å². The quantitative estimate of drug-likeness (QED) is 0.723. The SMILES string of the molecule is CC(=O)N1C[C@H]2CN(S(=O)(=O)c3cc(F)cc(F)c3)C[C@@]2(C(=O)N2CCCC2)C1. The number of benzene rings is 1. The van der Waals surface area contributed by atoms with E-state index >= 15 is 0 Å². The molecule has 7 nitrogen and oxygen atoms in total. The second kappa shape index (κ2) is 7.02. The molecule has 0 unspecified atom stereocenters. The number of hydrogen-bond acceptors (Lipinski definition) is 4. The summed E-state index contributed by atoms with van der Waals surface area (Å²) in [5, 5.41) is 0. The summed E-state index contributed by atoms with van der Waals surface area (Å²) in [6.45, 7) is 3.05. The van der Waals surface area contributed by atoms with Crippen LogP contribution in [0.25, 0.3) is 0 Å². The summed E-state index contributed by atoms with van der Waals surface area (Å²) in [4.78, 5) is 28.2. The molecule has 1 aromatic rings. The van der Waals surface area contributed by atoms with Gasteiger partial charge in [-0.15, -0.1) is 0 Å². The molecule has 4 rings (SSSR count). The number of carbonyl (C=O) groups is 2. The van der Waals surface area contributed by atoms with Crippen LogP contribution in [-0.4, -0.2) is 73.6 Å². The van der Waals surface area contributed by atoms with Crippen LogP contribution in [0.15, 0.2) is 23.1 Å². The highest BCUT2D eigenvalue weighted by molar-refractivity contribution is 7.89. The van der Waals surface area contributed by atoms with E-state index in [0.29, 0.717) is 25.7 Å². The Labute approximate surface area is 168 Å². The van der Waals surface area contributed by atoms with Gasteiger partial charge < -0.3 is 9.80 Å². The van der Waals surface area contributed by atoms with E-state index in [2.05, 4.69) is 0 Å². The van der Waals surface area contributed by atoms with Gasteiger partial charge in [0.05, 0.1) is 10.3 Å². The van der Waals surface area contributed by atoms with Crippen molar-refractivity contribution in [3.8, 4) is 0 Å². The second-order valence-electron chi connectivity index (χ2n) is 8.15. The number of amides is 2. The van der Waals surface area contributed by atoms with Gasteiger partial charge in [-0.1, -0.05) is 0 Å². The second-order valence-corrected chi connectivity index (χ2v) is 10.1. The molecule has 0 radical (unpaired) electrons. The van der Waals surface area contributed by atoms with E-state index in [0.717, 1.165) is 29.3 Å². The summed E-state index contributed by atoms with van der Waals surface area (Å²) in [7, 11) is -4.18. The first kappa shape index (κ1) is 20.2. The summed E-state index contributed by atoms with van der Waals surface area (Å²) in [6, 6.07) is 2.17. The Morgan fingerprint density at radius 3 is 2.21 bits per heavy atom. The fourth-order valence-corrected chi connectivity index (χ4v) is 6.40. The predicted octanol–water partition coefficient (Wildman–Crippen LogP) is 1.06. The van der Waals surface area contributed by atoms with Crippen LogP contribution in [0, 0.1) is 23.0 Å². The molecular weight excluding hydrogens is 404 g/mol. The normalized spacial score (nSPS) is 27.5. The molecule has 3 saturated heterocycles. The highest BCUT2D eigenvalue weighted by Gasteiger charge is 2.61. The van der Waals surface area contributed by atoms with Gasteiger partial charge >= 0.3 is 0 Å². The molecule has 3 heterocycles. The zero-order chi connectivity index (χ0) is 21.0. The van der Waals surface area contributed by atoms with Crippen LogP contribution in [0.4, 0.5) is 8.78 Å². The van der Waals surface area contributed by atoms with Gasteiger partial charge in [-0.25, -0.2) is 17.2 Å². The third-order valence-electron chi connectivity index (χ3n) is 6.32. The van der Waals surface area contributed by atoms with Crippen molar-refractivity contribution in [3.05, 3.63) is 29.8 Å². The summed E-state index contributed by atoms with van der Waals surface area (Å²) in [5.41, 5.74) is -1.02. The lowest BCUT2D eigenvalue weighted by Crippen LogP contribution is -2.49. The van der Waals surface area contributed by atoms with Gasteiger partial charge in [-0.3, -0.25) is 9.59 Å². The Morgan fingerprint density at radius 2 is 1.62 bits per heavy atom. The highest BCUT2D eigenvalue weighted by atomic mass is 32.2. The molecule has 3 fully saturated rings. The first-order valence-corrected chi connectivity index (χ1v) is 11.1. The molecule has 3 aliphatic rings. The fraction of sp³-hybridized carbons (Fsp3) is 0.579. The number of fused-ring (bicyclic) bond motifs is 1. The molecule has 158 valence electrons. The Kier molecular flexibility index (Phi) is 4.89. The van der Waals surface area contributed by atoms with Crippen molar-refractivity contribution in [2.45, 2.75) is 24.7 Å². The standard InChI is InChI=1S/C19H23F2N3O4S/c1-13(25)23-9-14-10-24(29(27,28)17-7-15(20)6-16(21)8-17)12-19(14,11-23)18(26)22-4-2-3-5-22/h6-8,14H,2-5,9-12H2,1H3/t14-,19-/m0/s1. The van der Waals surface area contributed by atoms with Crippen LogP contribution in [0.1, 0.15) is 19.8 Å². The number of sulfonamides is 1. The van der Waals surface area contributed by atoms with Gasteiger partial charge in [0.1, 0.15) is 11.6 Å². The average Bonchev–Trinajstić information content (AvgIpc) is 3.35. The topological polar surface area (TPSA) is 78.0 Å². The monoisotopic (exact) mass is 427 g/mol. The summed E-state index contributed by atoms with van der Waals surface area (Å²) in [5.74, 6) is -2.60. The largest absolute Gasteiger partial charge is 0.342 e. The Bertz CT molecular complexity index is 944. The van der Waals surface area contributed by atoms with Gasteiger partial charge in [0.25, 0.3) is 0 Å². The number of halogens is 2. The van der Waals surface area contributed by atoms with Crippen LogP contribution in [0.5, 0.6) is 0 Å². The van der Waals surface area contributed by atoms with Crippen LogP contribution < -0.4 is 0 Å². The maximum Gasteiger partial charge on any atom is 0.243 e. The smallest absolute Gasteiger partial charge is 0.243 e. The third kappa shape index (κ3) is 3.31. The summed E-state index contributed by atoms with van der Waals surface area (Å²) >= 11 is 0. The number of nitrogens with zero attached hydrogens (tertiary/aromatic N) is 3. The molecule has 2 amide bonds. The fourth-order valence-electron chi connectivity index (χ4n) is 4.81. The number of rotatable bonds is 3. The Hall–Kier alpha value is -2.07. The zero-order valence-electron chi connectivity index (χ0n) is 16.1. The van der Waals surface area contributed by atoms with Crippen molar-refractivity contribution in [3.63, 3.8) is 0 Å². The molecule has 0 saturated carbocycles. The van der Waals surface area contributed by atoms with E-state index in [1.165, 1.54) is 6.92 Å². The van der Waals surface area contributed by atoms with E-state index < -0.39 is 32.0 Å². The minimum atomic E-state index is -4.18. The number of carbonyl (C=O) groups excluding carboxylic acids is 2. The molecule has 0 N–H and O–H groups in total. The predicted molar refractivity (Wildman–Crippen MR) is 99.1 cm³/mol. The molecule has 1 aromatic carbocycles. The molecule has 10 heteroatoms. The minimum absolute atomic E-state index is 0.0316. The number of likely N-dealkylation sites (tertiary alicyclic amines) is 2. The molecule has 0 aliphatic carbocycles. The Balaban J connectivity index is 1.68. The molecule has 2 atom stereocenters. The molecule has 0 spiro atoms. The lowest BCUT2D eigenvalue weighted by atomic mass is 9.79.